The summed E-state index contributed by atoms with van der Waals surface area (Å²) in [5, 5.41) is 9.28. The normalized spacial score (nSPS) is 17.6. The number of hydrogen-bond donors (Lipinski definition) is 0. The maximum Gasteiger partial charge on any atom is 0.389 e. The van der Waals surface area contributed by atoms with Crippen molar-refractivity contribution < 1.29 is 27.5 Å². The van der Waals surface area contributed by atoms with Gasteiger partial charge in [-0.15, -0.1) is 0 Å². The van der Waals surface area contributed by atoms with E-state index in [1.165, 1.54) is 4.90 Å². The minimum absolute atomic E-state index is 0.162. The fraction of sp³-hybridized carbons (Fsp3) is 0.429. The molecule has 0 radical (unpaired) electrons. The summed E-state index contributed by atoms with van der Waals surface area (Å²) < 4.78 is 44.7. The predicted octanol–water partition coefficient (Wildman–Crippen LogP) is 6.23. The number of hydrogen-bond acceptors (Lipinski definition) is 6. The van der Waals surface area contributed by atoms with Crippen molar-refractivity contribution in [1.29, 1.82) is 5.26 Å². The number of carbonyl (C=O) groups is 2. The Bertz CT molecular complexity index is 1520. The minimum atomic E-state index is -4.37. The molecule has 1 saturated heterocycles. The summed E-state index contributed by atoms with van der Waals surface area (Å²) in [5.41, 5.74) is 1.57. The van der Waals surface area contributed by atoms with Crippen molar-refractivity contribution in [2.45, 2.75) is 51.2 Å². The number of pyridine rings is 1. The third-order valence-corrected chi connectivity index (χ3v) is 8.93. The molecular formula is C35H38F3N5O3. The third-order valence-electron chi connectivity index (χ3n) is 8.93. The van der Waals surface area contributed by atoms with Gasteiger partial charge in [0.25, 0.3) is 5.91 Å². The highest BCUT2D eigenvalue weighted by Gasteiger charge is 2.38. The molecule has 0 N–H and O–H groups in total. The van der Waals surface area contributed by atoms with Crippen LogP contribution in [-0.4, -0.2) is 72.1 Å². The van der Waals surface area contributed by atoms with Gasteiger partial charge in [0.1, 0.15) is 17.6 Å². The lowest BCUT2D eigenvalue weighted by molar-refractivity contribution is -0.150. The highest BCUT2D eigenvalue weighted by Crippen LogP contribution is 2.38. The van der Waals surface area contributed by atoms with E-state index in [0.29, 0.717) is 81.4 Å². The van der Waals surface area contributed by atoms with E-state index in [0.717, 1.165) is 18.4 Å². The van der Waals surface area contributed by atoms with E-state index in [4.69, 9.17) is 4.74 Å². The van der Waals surface area contributed by atoms with Crippen molar-refractivity contribution in [1.82, 2.24) is 14.8 Å². The molecule has 1 fully saturated rings. The van der Waals surface area contributed by atoms with E-state index in [1.54, 1.807) is 24.4 Å². The Hall–Kier alpha value is -4.59. The van der Waals surface area contributed by atoms with Crippen LogP contribution in [0.25, 0.3) is 0 Å². The van der Waals surface area contributed by atoms with E-state index >= 15 is 0 Å². The number of anilines is 1. The van der Waals surface area contributed by atoms with Crippen LogP contribution in [0.1, 0.15) is 60.0 Å². The molecule has 3 aromatic rings. The lowest BCUT2D eigenvalue weighted by atomic mass is 9.75. The van der Waals surface area contributed by atoms with Crippen LogP contribution in [0.15, 0.2) is 72.9 Å². The van der Waals surface area contributed by atoms with Crippen LogP contribution in [0.5, 0.6) is 5.75 Å². The van der Waals surface area contributed by atoms with Crippen molar-refractivity contribution >= 4 is 17.6 Å². The first-order chi connectivity index (χ1) is 22.1. The SMILES string of the molecule is N#Cc1ccc(N2CCCC3(CCN(C(=O)CCC(F)(F)F)CC3)COc3ccccc3C(=O)N(Cc3ccccc3)CC2)nc1. The van der Waals surface area contributed by atoms with Gasteiger partial charge in [-0.3, -0.25) is 9.59 Å². The van der Waals surface area contributed by atoms with Gasteiger partial charge in [0.2, 0.25) is 5.91 Å². The van der Waals surface area contributed by atoms with Crippen molar-refractivity contribution in [3.05, 3.63) is 89.6 Å². The van der Waals surface area contributed by atoms with Crippen LogP contribution in [0.2, 0.25) is 0 Å². The number of likely N-dealkylation sites (tertiary alicyclic amines) is 1. The zero-order chi connectivity index (χ0) is 32.6. The average Bonchev–Trinajstić information content (AvgIpc) is 3.08. The van der Waals surface area contributed by atoms with Gasteiger partial charge in [-0.2, -0.15) is 18.4 Å². The topological polar surface area (TPSA) is 89.8 Å². The smallest absolute Gasteiger partial charge is 0.389 e. The van der Waals surface area contributed by atoms with Gasteiger partial charge in [0, 0.05) is 57.3 Å². The molecule has 2 aliphatic heterocycles. The quantitative estimate of drug-likeness (QED) is 0.331. The van der Waals surface area contributed by atoms with Crippen LogP contribution in [0.4, 0.5) is 19.0 Å². The number of fused-ring (bicyclic) bond motifs is 1. The number of rotatable bonds is 5. The molecule has 0 saturated carbocycles. The van der Waals surface area contributed by atoms with E-state index in [-0.39, 0.29) is 11.3 Å². The fourth-order valence-corrected chi connectivity index (χ4v) is 6.20. The summed E-state index contributed by atoms with van der Waals surface area (Å²) in [6, 6.07) is 22.7. The zero-order valence-electron chi connectivity index (χ0n) is 25.7. The van der Waals surface area contributed by atoms with Gasteiger partial charge >= 0.3 is 6.18 Å². The fourth-order valence-electron chi connectivity index (χ4n) is 6.20. The number of para-hydroxylation sites is 1. The summed E-state index contributed by atoms with van der Waals surface area (Å²) in [7, 11) is 0. The van der Waals surface area contributed by atoms with Gasteiger partial charge < -0.3 is 19.4 Å². The number of nitriles is 1. The maximum atomic E-state index is 14.1. The number of carbonyl (C=O) groups excluding carboxylic acids is 2. The van der Waals surface area contributed by atoms with Crippen LogP contribution < -0.4 is 9.64 Å². The molecule has 46 heavy (non-hydrogen) atoms. The number of piperidine rings is 1. The van der Waals surface area contributed by atoms with E-state index < -0.39 is 24.9 Å². The Morgan fingerprint density at radius 1 is 0.935 bits per heavy atom. The van der Waals surface area contributed by atoms with Crippen molar-refractivity contribution in [3.8, 4) is 11.8 Å². The molecule has 0 unspecified atom stereocenters. The molecule has 0 aliphatic carbocycles. The second-order valence-corrected chi connectivity index (χ2v) is 12.1. The first-order valence-corrected chi connectivity index (χ1v) is 15.7. The minimum Gasteiger partial charge on any atom is -0.492 e. The van der Waals surface area contributed by atoms with E-state index in [1.807, 2.05) is 53.4 Å². The summed E-state index contributed by atoms with van der Waals surface area (Å²) in [6.07, 6.45) is -1.82. The maximum absolute atomic E-state index is 14.1. The Morgan fingerprint density at radius 3 is 2.37 bits per heavy atom. The summed E-state index contributed by atoms with van der Waals surface area (Å²) >= 11 is 0. The Morgan fingerprint density at radius 2 is 1.67 bits per heavy atom. The molecule has 242 valence electrons. The number of amides is 2. The van der Waals surface area contributed by atoms with Crippen molar-refractivity contribution in [3.63, 3.8) is 0 Å². The zero-order valence-corrected chi connectivity index (χ0v) is 25.7. The van der Waals surface area contributed by atoms with Gasteiger partial charge in [-0.1, -0.05) is 42.5 Å². The molecule has 3 heterocycles. The molecule has 2 aliphatic rings. The molecule has 0 bridgehead atoms. The van der Waals surface area contributed by atoms with Crippen molar-refractivity contribution in [2.24, 2.45) is 5.41 Å². The molecule has 2 aromatic carbocycles. The highest BCUT2D eigenvalue weighted by atomic mass is 19.4. The number of nitrogens with zero attached hydrogens (tertiary/aromatic N) is 5. The molecule has 1 aromatic heterocycles. The average molecular weight is 634 g/mol. The van der Waals surface area contributed by atoms with Gasteiger partial charge in [0.05, 0.1) is 24.2 Å². The van der Waals surface area contributed by atoms with Crippen LogP contribution in [-0.2, 0) is 11.3 Å². The molecular weight excluding hydrogens is 595 g/mol. The number of benzene rings is 2. The number of alkyl halides is 3. The van der Waals surface area contributed by atoms with Gasteiger partial charge in [-0.25, -0.2) is 4.98 Å². The predicted molar refractivity (Wildman–Crippen MR) is 167 cm³/mol. The van der Waals surface area contributed by atoms with Crippen molar-refractivity contribution in [2.75, 3.05) is 44.2 Å². The molecule has 0 atom stereocenters. The monoisotopic (exact) mass is 633 g/mol. The molecule has 5 rings (SSSR count). The van der Waals surface area contributed by atoms with Crippen LogP contribution >= 0.6 is 0 Å². The second-order valence-electron chi connectivity index (χ2n) is 12.1. The van der Waals surface area contributed by atoms with Gasteiger partial charge in [-0.05, 0) is 55.5 Å². The molecule has 1 spiro atoms. The Balaban J connectivity index is 1.41. The van der Waals surface area contributed by atoms with Crippen LogP contribution in [0.3, 0.4) is 0 Å². The second kappa shape index (κ2) is 14.7. The summed E-state index contributed by atoms with van der Waals surface area (Å²) in [6.45, 7) is 2.99. The van der Waals surface area contributed by atoms with Gasteiger partial charge in [0.15, 0.2) is 0 Å². The molecule has 2 amide bonds. The number of ether oxygens (including phenoxy) is 1. The summed E-state index contributed by atoms with van der Waals surface area (Å²) in [4.78, 5) is 36.7. The largest absolute Gasteiger partial charge is 0.492 e. The number of halogens is 3. The van der Waals surface area contributed by atoms with E-state index in [2.05, 4.69) is 16.0 Å². The Kier molecular flexibility index (Phi) is 10.5. The standard InChI is InChI=1S/C35H38F3N5O3/c36-35(37,38)15-13-32(44)42-19-16-34(17-20-42)14-6-18-41(31-12-11-28(23-39)24-40-31)21-22-43(25-27-7-2-1-3-8-27)33(45)29-9-4-5-10-30(29)46-26-34/h1-5,7-12,24H,6,13-22,25-26H2. The lowest BCUT2D eigenvalue weighted by Gasteiger charge is -2.42. The highest BCUT2D eigenvalue weighted by molar-refractivity contribution is 5.97. The Labute approximate surface area is 267 Å². The third kappa shape index (κ3) is 8.56. The first-order valence-electron chi connectivity index (χ1n) is 15.7. The number of aromatic nitrogens is 1. The summed E-state index contributed by atoms with van der Waals surface area (Å²) in [5.74, 6) is 0.547. The lowest BCUT2D eigenvalue weighted by Crippen LogP contribution is -2.46. The van der Waals surface area contributed by atoms with Crippen LogP contribution in [0, 0.1) is 16.7 Å². The molecule has 11 heteroatoms. The first kappa shape index (κ1) is 32.8. The molecule has 8 nitrogen and oxygen atoms in total. The van der Waals surface area contributed by atoms with E-state index in [9.17, 15) is 28.0 Å².